The molecule has 1 aromatic carbocycles. The number of hydrogen-bond donors (Lipinski definition) is 1. The fourth-order valence-corrected chi connectivity index (χ4v) is 4.89. The smallest absolute Gasteiger partial charge is 0.258 e. The predicted octanol–water partition coefficient (Wildman–Crippen LogP) is 2.09. The molecular formula is C13H15BrClNO4S. The minimum atomic E-state index is -3.01. The van der Waals surface area contributed by atoms with Crippen molar-refractivity contribution in [2.75, 3.05) is 18.1 Å². The zero-order valence-electron chi connectivity index (χ0n) is 11.4. The molecule has 1 fully saturated rings. The minimum Gasteiger partial charge on any atom is -0.482 e. The van der Waals surface area contributed by atoms with Crippen LogP contribution in [0, 0.1) is 6.92 Å². The van der Waals surface area contributed by atoms with Gasteiger partial charge in [-0.15, -0.1) is 0 Å². The second-order valence-corrected chi connectivity index (χ2v) is 8.54. The summed E-state index contributed by atoms with van der Waals surface area (Å²) in [6.45, 7) is 1.63. The van der Waals surface area contributed by atoms with Crippen molar-refractivity contribution in [3.63, 3.8) is 0 Å². The van der Waals surface area contributed by atoms with Gasteiger partial charge in [0.05, 0.1) is 16.5 Å². The maximum atomic E-state index is 11.8. The highest BCUT2D eigenvalue weighted by molar-refractivity contribution is 9.10. The van der Waals surface area contributed by atoms with Crippen molar-refractivity contribution in [1.29, 1.82) is 0 Å². The van der Waals surface area contributed by atoms with Crippen molar-refractivity contribution in [1.82, 2.24) is 5.32 Å². The number of hydrogen-bond acceptors (Lipinski definition) is 4. The van der Waals surface area contributed by atoms with Gasteiger partial charge in [0.15, 0.2) is 16.4 Å². The number of rotatable bonds is 4. The standard InChI is InChI=1S/C13H15BrClNO4S/c1-8-4-9(14)5-11(15)13(8)20-6-12(17)16-10-2-3-21(18,19)7-10/h4-5,10H,2-3,6-7H2,1H3,(H,16,17)/t10-/m1/s1. The van der Waals surface area contributed by atoms with Gasteiger partial charge in [0.2, 0.25) is 0 Å². The molecule has 1 aliphatic heterocycles. The van der Waals surface area contributed by atoms with E-state index < -0.39 is 9.84 Å². The number of nitrogens with one attached hydrogen (secondary N) is 1. The van der Waals surface area contributed by atoms with Crippen LogP contribution >= 0.6 is 27.5 Å². The number of carbonyl (C=O) groups is 1. The first-order chi connectivity index (χ1) is 9.77. The second-order valence-electron chi connectivity index (χ2n) is 4.99. The molecule has 0 saturated carbocycles. The summed E-state index contributed by atoms with van der Waals surface area (Å²) < 4.78 is 28.9. The van der Waals surface area contributed by atoms with E-state index in [0.717, 1.165) is 10.0 Å². The molecule has 0 unspecified atom stereocenters. The lowest BCUT2D eigenvalue weighted by Gasteiger charge is -2.14. The first-order valence-corrected chi connectivity index (χ1v) is 9.34. The molecule has 1 heterocycles. The Balaban J connectivity index is 1.90. The van der Waals surface area contributed by atoms with E-state index in [-0.39, 0.29) is 30.1 Å². The number of aryl methyl sites for hydroxylation is 1. The lowest BCUT2D eigenvalue weighted by Crippen LogP contribution is -2.38. The number of halogens is 2. The molecule has 116 valence electrons. The summed E-state index contributed by atoms with van der Waals surface area (Å²) in [5, 5.41) is 3.07. The van der Waals surface area contributed by atoms with Crippen LogP contribution in [0.3, 0.4) is 0 Å². The van der Waals surface area contributed by atoms with Gasteiger partial charge in [-0.2, -0.15) is 0 Å². The molecular weight excluding hydrogens is 382 g/mol. The van der Waals surface area contributed by atoms with E-state index in [1.165, 1.54) is 0 Å². The van der Waals surface area contributed by atoms with Gasteiger partial charge in [0.1, 0.15) is 5.75 Å². The normalized spacial score (nSPS) is 20.2. The summed E-state index contributed by atoms with van der Waals surface area (Å²) in [5.74, 6) is 0.220. The molecule has 0 aromatic heterocycles. The van der Waals surface area contributed by atoms with E-state index in [4.69, 9.17) is 16.3 Å². The zero-order chi connectivity index (χ0) is 15.6. The highest BCUT2D eigenvalue weighted by atomic mass is 79.9. The van der Waals surface area contributed by atoms with Gasteiger partial charge in [0.25, 0.3) is 5.91 Å². The van der Waals surface area contributed by atoms with Crippen molar-refractivity contribution in [2.45, 2.75) is 19.4 Å². The molecule has 2 rings (SSSR count). The summed E-state index contributed by atoms with van der Waals surface area (Å²) in [6.07, 6.45) is 0.451. The molecule has 1 aliphatic rings. The monoisotopic (exact) mass is 395 g/mol. The Morgan fingerprint density at radius 1 is 1.52 bits per heavy atom. The van der Waals surface area contributed by atoms with E-state index in [9.17, 15) is 13.2 Å². The molecule has 1 N–H and O–H groups in total. The van der Waals surface area contributed by atoms with Crippen LogP contribution in [0.5, 0.6) is 5.75 Å². The Morgan fingerprint density at radius 2 is 2.24 bits per heavy atom. The van der Waals surface area contributed by atoms with Crippen LogP contribution in [0.1, 0.15) is 12.0 Å². The topological polar surface area (TPSA) is 72.5 Å². The van der Waals surface area contributed by atoms with Crippen LogP contribution < -0.4 is 10.1 Å². The largest absolute Gasteiger partial charge is 0.482 e. The zero-order valence-corrected chi connectivity index (χ0v) is 14.5. The number of benzene rings is 1. The molecule has 0 bridgehead atoms. The van der Waals surface area contributed by atoms with Crippen LogP contribution in [0.4, 0.5) is 0 Å². The van der Waals surface area contributed by atoms with Crippen LogP contribution in [0.2, 0.25) is 5.02 Å². The van der Waals surface area contributed by atoms with E-state index in [0.29, 0.717) is 17.2 Å². The van der Waals surface area contributed by atoms with Gasteiger partial charge in [0, 0.05) is 10.5 Å². The summed E-state index contributed by atoms with van der Waals surface area (Å²) in [4.78, 5) is 11.8. The lowest BCUT2D eigenvalue weighted by molar-refractivity contribution is -0.123. The molecule has 0 aliphatic carbocycles. The van der Waals surface area contributed by atoms with Crippen molar-refractivity contribution in [3.8, 4) is 5.75 Å². The fourth-order valence-electron chi connectivity index (χ4n) is 2.19. The number of ether oxygens (including phenoxy) is 1. The predicted molar refractivity (Wildman–Crippen MR) is 84.6 cm³/mol. The maximum Gasteiger partial charge on any atom is 0.258 e. The third-order valence-electron chi connectivity index (χ3n) is 3.14. The first kappa shape index (κ1) is 16.6. The number of amides is 1. The molecule has 1 saturated heterocycles. The summed E-state index contributed by atoms with van der Waals surface area (Å²) >= 11 is 9.38. The number of sulfone groups is 1. The van der Waals surface area contributed by atoms with Crippen LogP contribution in [-0.2, 0) is 14.6 Å². The van der Waals surface area contributed by atoms with Gasteiger partial charge in [-0.05, 0) is 31.0 Å². The van der Waals surface area contributed by atoms with Crippen molar-refractivity contribution < 1.29 is 17.9 Å². The molecule has 1 amide bonds. The maximum absolute atomic E-state index is 11.8. The minimum absolute atomic E-state index is 0.00317. The van der Waals surface area contributed by atoms with E-state index in [1.54, 1.807) is 6.07 Å². The van der Waals surface area contributed by atoms with Crippen LogP contribution in [0.15, 0.2) is 16.6 Å². The molecule has 0 radical (unpaired) electrons. The van der Waals surface area contributed by atoms with Gasteiger partial charge >= 0.3 is 0 Å². The van der Waals surface area contributed by atoms with E-state index >= 15 is 0 Å². The van der Waals surface area contributed by atoms with Gasteiger partial charge in [-0.25, -0.2) is 8.42 Å². The average molecular weight is 397 g/mol. The van der Waals surface area contributed by atoms with Gasteiger partial charge in [-0.1, -0.05) is 27.5 Å². The summed E-state index contributed by atoms with van der Waals surface area (Å²) in [5.41, 5.74) is 0.811. The van der Waals surface area contributed by atoms with E-state index in [2.05, 4.69) is 21.2 Å². The molecule has 5 nitrogen and oxygen atoms in total. The third-order valence-corrected chi connectivity index (χ3v) is 5.65. The second kappa shape index (κ2) is 6.54. The highest BCUT2D eigenvalue weighted by Gasteiger charge is 2.28. The molecule has 1 aromatic rings. The molecule has 8 heteroatoms. The number of carbonyl (C=O) groups excluding carboxylic acids is 1. The first-order valence-electron chi connectivity index (χ1n) is 6.35. The van der Waals surface area contributed by atoms with Crippen LogP contribution in [0.25, 0.3) is 0 Å². The van der Waals surface area contributed by atoms with E-state index in [1.807, 2.05) is 13.0 Å². The Morgan fingerprint density at radius 3 is 2.81 bits per heavy atom. The Labute approximate surface area is 137 Å². The summed E-state index contributed by atoms with van der Waals surface area (Å²) in [7, 11) is -3.01. The van der Waals surface area contributed by atoms with Crippen molar-refractivity contribution in [2.24, 2.45) is 0 Å². The molecule has 21 heavy (non-hydrogen) atoms. The molecule has 1 atom stereocenters. The Kier molecular flexibility index (Phi) is 5.16. The molecule has 0 spiro atoms. The van der Waals surface area contributed by atoms with Crippen molar-refractivity contribution >= 4 is 43.3 Å². The fraction of sp³-hybridized carbons (Fsp3) is 0.462. The highest BCUT2D eigenvalue weighted by Crippen LogP contribution is 2.31. The summed E-state index contributed by atoms with van der Waals surface area (Å²) in [6, 6.07) is 3.20. The van der Waals surface area contributed by atoms with Gasteiger partial charge < -0.3 is 10.1 Å². The Bertz CT molecular complexity index is 639. The third kappa shape index (κ3) is 4.59. The van der Waals surface area contributed by atoms with Crippen LogP contribution in [-0.4, -0.2) is 38.5 Å². The quantitative estimate of drug-likeness (QED) is 0.846. The average Bonchev–Trinajstić information content (AvgIpc) is 2.67. The Hall–Kier alpha value is -0.790. The lowest BCUT2D eigenvalue weighted by atomic mass is 10.2. The van der Waals surface area contributed by atoms with Crippen molar-refractivity contribution in [3.05, 3.63) is 27.2 Å². The van der Waals surface area contributed by atoms with Gasteiger partial charge in [-0.3, -0.25) is 4.79 Å². The SMILES string of the molecule is Cc1cc(Br)cc(Cl)c1OCC(=O)N[C@@H]1CCS(=O)(=O)C1.